The Hall–Kier alpha value is -0.180. The zero-order valence-electron chi connectivity index (χ0n) is 12.1. The van der Waals surface area contributed by atoms with Gasteiger partial charge in [-0.2, -0.15) is 0 Å². The highest BCUT2D eigenvalue weighted by atomic mass is 32.2. The number of amidine groups is 1. The van der Waals surface area contributed by atoms with Crippen molar-refractivity contribution in [2.24, 2.45) is 10.4 Å². The van der Waals surface area contributed by atoms with Crippen LogP contribution in [0, 0.1) is 5.41 Å². The predicted molar refractivity (Wildman–Crippen MR) is 79.9 cm³/mol. The molecule has 0 radical (unpaired) electrons. The summed E-state index contributed by atoms with van der Waals surface area (Å²) in [6, 6.07) is 0. The van der Waals surface area contributed by atoms with Crippen LogP contribution in [0.2, 0.25) is 0 Å². The molecule has 0 bridgehead atoms. The first kappa shape index (κ1) is 14.9. The van der Waals surface area contributed by atoms with Crippen molar-refractivity contribution in [2.75, 3.05) is 12.3 Å². The van der Waals surface area contributed by atoms with Crippen LogP contribution in [0.25, 0.3) is 0 Å². The molecule has 0 fully saturated rings. The average molecular weight is 256 g/mol. The summed E-state index contributed by atoms with van der Waals surface area (Å²) in [5.74, 6) is 1.22. The zero-order chi connectivity index (χ0) is 12.9. The van der Waals surface area contributed by atoms with Crippen molar-refractivity contribution in [3.63, 3.8) is 0 Å². The Labute approximate surface area is 111 Å². The van der Waals surface area contributed by atoms with Crippen LogP contribution in [-0.2, 0) is 0 Å². The minimum absolute atomic E-state index is 0.213. The van der Waals surface area contributed by atoms with Crippen molar-refractivity contribution in [3.05, 3.63) is 0 Å². The third kappa shape index (κ3) is 3.64. The van der Waals surface area contributed by atoms with Crippen LogP contribution in [0.3, 0.4) is 0 Å². The smallest absolute Gasteiger partial charge is 0.157 e. The first-order chi connectivity index (χ1) is 8.03. The van der Waals surface area contributed by atoms with E-state index in [9.17, 15) is 0 Å². The third-order valence-electron chi connectivity index (χ3n) is 4.54. The van der Waals surface area contributed by atoms with Crippen LogP contribution in [0.5, 0.6) is 0 Å². The van der Waals surface area contributed by atoms with E-state index in [1.807, 2.05) is 11.8 Å². The maximum absolute atomic E-state index is 4.77. The van der Waals surface area contributed by atoms with Gasteiger partial charge in [0, 0.05) is 17.8 Å². The van der Waals surface area contributed by atoms with Crippen LogP contribution < -0.4 is 5.32 Å². The van der Waals surface area contributed by atoms with Gasteiger partial charge < -0.3 is 5.32 Å². The fourth-order valence-corrected chi connectivity index (χ4v) is 3.41. The van der Waals surface area contributed by atoms with E-state index in [0.717, 1.165) is 24.6 Å². The lowest BCUT2D eigenvalue weighted by molar-refractivity contribution is 0.316. The molecule has 3 heteroatoms. The molecule has 0 spiro atoms. The lowest BCUT2D eigenvalue weighted by Gasteiger charge is -2.36. The maximum Gasteiger partial charge on any atom is 0.157 e. The van der Waals surface area contributed by atoms with Crippen LogP contribution in [0.15, 0.2) is 4.99 Å². The second-order valence-electron chi connectivity index (χ2n) is 5.51. The number of rotatable bonds is 5. The second kappa shape index (κ2) is 6.12. The molecule has 0 aromatic heterocycles. The van der Waals surface area contributed by atoms with Crippen molar-refractivity contribution in [1.82, 2.24) is 5.32 Å². The molecule has 0 aromatic carbocycles. The van der Waals surface area contributed by atoms with Gasteiger partial charge in [0.15, 0.2) is 5.17 Å². The lowest BCUT2D eigenvalue weighted by Crippen LogP contribution is -2.46. The molecule has 1 aliphatic rings. The Bertz CT molecular complexity index is 265. The van der Waals surface area contributed by atoms with Gasteiger partial charge in [0.2, 0.25) is 0 Å². The topological polar surface area (TPSA) is 24.4 Å². The number of nitrogens with one attached hydrogen (secondary N) is 1. The fourth-order valence-electron chi connectivity index (χ4n) is 1.99. The van der Waals surface area contributed by atoms with E-state index in [1.54, 1.807) is 0 Å². The number of hydrogen-bond donors (Lipinski definition) is 1. The van der Waals surface area contributed by atoms with Gasteiger partial charge in [0.05, 0.1) is 0 Å². The molecule has 1 rings (SSSR count). The Balaban J connectivity index is 2.63. The van der Waals surface area contributed by atoms with E-state index in [4.69, 9.17) is 4.99 Å². The summed E-state index contributed by atoms with van der Waals surface area (Å²) in [4.78, 5) is 4.77. The van der Waals surface area contributed by atoms with Crippen molar-refractivity contribution >= 4 is 16.9 Å². The van der Waals surface area contributed by atoms with Gasteiger partial charge in [0.1, 0.15) is 0 Å². The standard InChI is InChI=1S/C14H28N2S/c1-6-13(5,7-2)16-12-15-10-14(8-3,9-4)11-17-12/h6-11H2,1-5H3,(H,15,16). The molecule has 0 saturated heterocycles. The van der Waals surface area contributed by atoms with E-state index < -0.39 is 0 Å². The van der Waals surface area contributed by atoms with Gasteiger partial charge in [-0.15, -0.1) is 0 Å². The molecule has 0 saturated carbocycles. The van der Waals surface area contributed by atoms with Gasteiger partial charge in [-0.25, -0.2) is 0 Å². The van der Waals surface area contributed by atoms with Gasteiger partial charge in [-0.1, -0.05) is 39.5 Å². The minimum Gasteiger partial charge on any atom is -0.360 e. The highest BCUT2D eigenvalue weighted by molar-refractivity contribution is 8.13. The van der Waals surface area contributed by atoms with Crippen molar-refractivity contribution in [3.8, 4) is 0 Å². The SMILES string of the molecule is CCC1(CC)CN=C(NC(C)(CC)CC)SC1. The van der Waals surface area contributed by atoms with Crippen molar-refractivity contribution in [2.45, 2.75) is 65.8 Å². The molecule has 0 aromatic rings. The largest absolute Gasteiger partial charge is 0.360 e. The summed E-state index contributed by atoms with van der Waals surface area (Å²) in [7, 11) is 0. The monoisotopic (exact) mass is 256 g/mol. The number of aliphatic imine (C=N–C) groups is 1. The number of thioether (sulfide) groups is 1. The summed E-state index contributed by atoms with van der Waals surface area (Å²) >= 11 is 1.92. The van der Waals surface area contributed by atoms with Crippen LogP contribution >= 0.6 is 11.8 Å². The second-order valence-corrected chi connectivity index (χ2v) is 6.47. The van der Waals surface area contributed by atoms with E-state index in [2.05, 4.69) is 39.9 Å². The predicted octanol–water partition coefficient (Wildman–Crippen LogP) is 4.06. The third-order valence-corrected chi connectivity index (χ3v) is 5.80. The Kier molecular flexibility index (Phi) is 5.36. The van der Waals surface area contributed by atoms with E-state index >= 15 is 0 Å². The Morgan fingerprint density at radius 2 is 1.82 bits per heavy atom. The summed E-state index contributed by atoms with van der Waals surface area (Å²) in [5, 5.41) is 4.79. The van der Waals surface area contributed by atoms with Gasteiger partial charge >= 0.3 is 0 Å². The molecule has 2 nitrogen and oxygen atoms in total. The highest BCUT2D eigenvalue weighted by Crippen LogP contribution is 2.35. The first-order valence-corrected chi connectivity index (χ1v) is 7.97. The Morgan fingerprint density at radius 1 is 1.24 bits per heavy atom. The molecule has 0 atom stereocenters. The van der Waals surface area contributed by atoms with Gasteiger partial charge in [0.25, 0.3) is 0 Å². The molecule has 0 amide bonds. The van der Waals surface area contributed by atoms with Crippen molar-refractivity contribution in [1.29, 1.82) is 0 Å². The van der Waals surface area contributed by atoms with E-state index in [-0.39, 0.29) is 5.54 Å². The molecular formula is C14H28N2S. The summed E-state index contributed by atoms with van der Waals surface area (Å²) in [5.41, 5.74) is 0.662. The molecule has 0 aliphatic carbocycles. The van der Waals surface area contributed by atoms with Crippen molar-refractivity contribution < 1.29 is 0 Å². The maximum atomic E-state index is 4.77. The van der Waals surface area contributed by atoms with Crippen LogP contribution in [-0.4, -0.2) is 23.0 Å². The lowest BCUT2D eigenvalue weighted by atomic mass is 9.84. The van der Waals surface area contributed by atoms with Gasteiger partial charge in [-0.05, 0) is 38.0 Å². The molecule has 0 unspecified atom stereocenters. The van der Waals surface area contributed by atoms with Crippen LogP contribution in [0.4, 0.5) is 0 Å². The molecule has 1 aliphatic heterocycles. The summed E-state index contributed by atoms with van der Waals surface area (Å²) in [6.07, 6.45) is 4.78. The molecule has 17 heavy (non-hydrogen) atoms. The molecule has 100 valence electrons. The average Bonchev–Trinajstić information content (AvgIpc) is 2.40. The Morgan fingerprint density at radius 3 is 2.18 bits per heavy atom. The fraction of sp³-hybridized carbons (Fsp3) is 0.929. The number of hydrogen-bond acceptors (Lipinski definition) is 3. The zero-order valence-corrected chi connectivity index (χ0v) is 12.9. The summed E-state index contributed by atoms with van der Waals surface area (Å²) < 4.78 is 0. The van der Waals surface area contributed by atoms with Gasteiger partial charge in [-0.3, -0.25) is 4.99 Å². The molecular weight excluding hydrogens is 228 g/mol. The number of nitrogens with zero attached hydrogens (tertiary/aromatic N) is 1. The molecule has 1 N–H and O–H groups in total. The highest BCUT2D eigenvalue weighted by Gasteiger charge is 2.31. The quantitative estimate of drug-likeness (QED) is 0.802. The van der Waals surface area contributed by atoms with E-state index in [1.165, 1.54) is 18.6 Å². The van der Waals surface area contributed by atoms with E-state index in [0.29, 0.717) is 5.41 Å². The van der Waals surface area contributed by atoms with Crippen LogP contribution in [0.1, 0.15) is 60.3 Å². The summed E-state index contributed by atoms with van der Waals surface area (Å²) in [6.45, 7) is 12.4. The normalized spacial score (nSPS) is 19.9. The minimum atomic E-state index is 0.213. The first-order valence-electron chi connectivity index (χ1n) is 6.98. The molecule has 1 heterocycles.